The van der Waals surface area contributed by atoms with Crippen molar-refractivity contribution in [1.82, 2.24) is 10.2 Å². The molecule has 0 aliphatic carbocycles. The predicted octanol–water partition coefficient (Wildman–Crippen LogP) is 3.66. The largest absolute Gasteiger partial charge is 0.493 e. The van der Waals surface area contributed by atoms with Crippen LogP contribution in [0.2, 0.25) is 0 Å². The molecule has 0 bridgehead atoms. The number of ether oxygens (including phenoxy) is 2. The monoisotopic (exact) mass is 332 g/mol. The Morgan fingerprint density at radius 2 is 2.17 bits per heavy atom. The van der Waals surface area contributed by atoms with E-state index in [2.05, 4.69) is 25.2 Å². The molecule has 2 atom stereocenters. The highest BCUT2D eigenvalue weighted by Crippen LogP contribution is 2.40. The summed E-state index contributed by atoms with van der Waals surface area (Å²) in [4.78, 5) is 14.8. The van der Waals surface area contributed by atoms with Gasteiger partial charge < -0.3 is 19.7 Å². The fraction of sp³-hybridized carbons (Fsp3) is 0.632. The Labute approximate surface area is 144 Å². The SMILES string of the molecule is COc1cc(C)cc2c1OCC[C@@H]2NC(=O)N1CCC[C@H]1C(C)C. The smallest absolute Gasteiger partial charge is 0.318 e. The Kier molecular flexibility index (Phi) is 4.88. The van der Waals surface area contributed by atoms with E-state index in [0.29, 0.717) is 18.6 Å². The molecule has 2 aliphatic heterocycles. The second kappa shape index (κ2) is 6.91. The lowest BCUT2D eigenvalue weighted by Crippen LogP contribution is -2.46. The van der Waals surface area contributed by atoms with E-state index < -0.39 is 0 Å². The number of urea groups is 1. The van der Waals surface area contributed by atoms with Gasteiger partial charge in [-0.2, -0.15) is 0 Å². The molecule has 0 unspecified atom stereocenters. The minimum absolute atomic E-state index is 0.0246. The number of amides is 2. The van der Waals surface area contributed by atoms with Gasteiger partial charge in [-0.25, -0.2) is 4.79 Å². The number of rotatable bonds is 3. The van der Waals surface area contributed by atoms with Crippen LogP contribution in [0.15, 0.2) is 12.1 Å². The topological polar surface area (TPSA) is 50.8 Å². The number of likely N-dealkylation sites (tertiary alicyclic amines) is 1. The number of nitrogens with zero attached hydrogens (tertiary/aromatic N) is 1. The van der Waals surface area contributed by atoms with Crippen molar-refractivity contribution in [3.63, 3.8) is 0 Å². The summed E-state index contributed by atoms with van der Waals surface area (Å²) in [6.45, 7) is 7.85. The summed E-state index contributed by atoms with van der Waals surface area (Å²) in [5.41, 5.74) is 2.13. The molecule has 0 spiro atoms. The third kappa shape index (κ3) is 3.17. The average molecular weight is 332 g/mol. The number of hydrogen-bond acceptors (Lipinski definition) is 3. The van der Waals surface area contributed by atoms with Crippen LogP contribution < -0.4 is 14.8 Å². The van der Waals surface area contributed by atoms with Crippen molar-refractivity contribution in [1.29, 1.82) is 0 Å². The van der Waals surface area contributed by atoms with Gasteiger partial charge in [0.2, 0.25) is 0 Å². The Morgan fingerprint density at radius 1 is 1.38 bits per heavy atom. The predicted molar refractivity (Wildman–Crippen MR) is 93.7 cm³/mol. The number of fused-ring (bicyclic) bond motifs is 1. The maximum Gasteiger partial charge on any atom is 0.318 e. The zero-order valence-corrected chi connectivity index (χ0v) is 15.1. The molecule has 2 amide bonds. The van der Waals surface area contributed by atoms with E-state index in [9.17, 15) is 4.79 Å². The van der Waals surface area contributed by atoms with Crippen LogP contribution in [0.4, 0.5) is 4.79 Å². The summed E-state index contributed by atoms with van der Waals surface area (Å²) in [7, 11) is 1.65. The van der Waals surface area contributed by atoms with Crippen molar-refractivity contribution < 1.29 is 14.3 Å². The first-order chi connectivity index (χ1) is 11.5. The standard InChI is InChI=1S/C19H28N2O3/c1-12(2)16-6-5-8-21(16)19(22)20-15-7-9-24-18-14(15)10-13(3)11-17(18)23-4/h10-12,15-16H,5-9H2,1-4H3,(H,20,22)/t15-,16-/m0/s1. The molecule has 1 saturated heterocycles. The fourth-order valence-electron chi connectivity index (χ4n) is 3.89. The summed E-state index contributed by atoms with van der Waals surface area (Å²) in [6, 6.07) is 4.42. The van der Waals surface area contributed by atoms with Crippen molar-refractivity contribution in [2.24, 2.45) is 5.92 Å². The van der Waals surface area contributed by atoms with Gasteiger partial charge in [0.1, 0.15) is 0 Å². The zero-order valence-electron chi connectivity index (χ0n) is 15.1. The number of aryl methyl sites for hydroxylation is 1. The minimum Gasteiger partial charge on any atom is -0.493 e. The van der Waals surface area contributed by atoms with Gasteiger partial charge in [-0.1, -0.05) is 19.9 Å². The molecule has 5 heteroatoms. The van der Waals surface area contributed by atoms with Crippen LogP contribution >= 0.6 is 0 Å². The lowest BCUT2D eigenvalue weighted by Gasteiger charge is -2.32. The quantitative estimate of drug-likeness (QED) is 0.919. The molecule has 0 saturated carbocycles. The molecule has 5 nitrogen and oxygen atoms in total. The molecule has 0 radical (unpaired) electrons. The van der Waals surface area contributed by atoms with Gasteiger partial charge in [0, 0.05) is 24.6 Å². The van der Waals surface area contributed by atoms with Gasteiger partial charge in [-0.15, -0.1) is 0 Å². The highest BCUT2D eigenvalue weighted by Gasteiger charge is 2.33. The first-order valence-corrected chi connectivity index (χ1v) is 8.89. The highest BCUT2D eigenvalue weighted by atomic mass is 16.5. The van der Waals surface area contributed by atoms with E-state index in [1.165, 1.54) is 0 Å². The lowest BCUT2D eigenvalue weighted by molar-refractivity contribution is 0.169. The molecule has 1 aromatic carbocycles. The fourth-order valence-corrected chi connectivity index (χ4v) is 3.89. The van der Waals surface area contributed by atoms with E-state index in [4.69, 9.17) is 9.47 Å². The first kappa shape index (κ1) is 16.9. The molecule has 1 fully saturated rings. The van der Waals surface area contributed by atoms with E-state index in [-0.39, 0.29) is 12.1 Å². The van der Waals surface area contributed by atoms with Crippen LogP contribution in [-0.2, 0) is 0 Å². The number of benzene rings is 1. The summed E-state index contributed by atoms with van der Waals surface area (Å²) < 4.78 is 11.3. The minimum atomic E-state index is -0.0246. The molecule has 1 aromatic rings. The van der Waals surface area contributed by atoms with Gasteiger partial charge in [0.15, 0.2) is 11.5 Å². The molecule has 24 heavy (non-hydrogen) atoms. The molecule has 0 aromatic heterocycles. The maximum absolute atomic E-state index is 12.8. The number of carbonyl (C=O) groups is 1. The molecular formula is C19H28N2O3. The molecule has 2 aliphatic rings. The van der Waals surface area contributed by atoms with Gasteiger partial charge in [-0.05, 0) is 37.3 Å². The second-order valence-corrected chi connectivity index (χ2v) is 7.17. The third-order valence-electron chi connectivity index (χ3n) is 5.10. The third-order valence-corrected chi connectivity index (χ3v) is 5.10. The molecular weight excluding hydrogens is 304 g/mol. The van der Waals surface area contributed by atoms with E-state index in [1.807, 2.05) is 17.9 Å². The van der Waals surface area contributed by atoms with Crippen molar-refractivity contribution in [3.8, 4) is 11.5 Å². The molecule has 2 heterocycles. The zero-order chi connectivity index (χ0) is 17.3. The van der Waals surface area contributed by atoms with Crippen LogP contribution in [0.1, 0.15) is 50.3 Å². The molecule has 1 N–H and O–H groups in total. The summed E-state index contributed by atoms with van der Waals surface area (Å²) >= 11 is 0. The van der Waals surface area contributed by atoms with Crippen LogP contribution in [0, 0.1) is 12.8 Å². The maximum atomic E-state index is 12.8. The molecule has 3 rings (SSSR count). The van der Waals surface area contributed by atoms with Crippen LogP contribution in [0.3, 0.4) is 0 Å². The van der Waals surface area contributed by atoms with Crippen molar-refractivity contribution in [2.45, 2.75) is 52.1 Å². The second-order valence-electron chi connectivity index (χ2n) is 7.17. The highest BCUT2D eigenvalue weighted by molar-refractivity contribution is 5.76. The van der Waals surface area contributed by atoms with Crippen molar-refractivity contribution in [2.75, 3.05) is 20.3 Å². The van der Waals surface area contributed by atoms with Crippen LogP contribution in [0.25, 0.3) is 0 Å². The van der Waals surface area contributed by atoms with Crippen molar-refractivity contribution in [3.05, 3.63) is 23.3 Å². The van der Waals surface area contributed by atoms with Gasteiger partial charge >= 0.3 is 6.03 Å². The van der Waals surface area contributed by atoms with Gasteiger partial charge in [0.25, 0.3) is 0 Å². The Balaban J connectivity index is 1.80. The summed E-state index contributed by atoms with van der Waals surface area (Å²) in [6.07, 6.45) is 2.97. The summed E-state index contributed by atoms with van der Waals surface area (Å²) in [5, 5.41) is 3.23. The molecule has 132 valence electrons. The number of hydrogen-bond donors (Lipinski definition) is 1. The Morgan fingerprint density at radius 3 is 2.88 bits per heavy atom. The van der Waals surface area contributed by atoms with Crippen molar-refractivity contribution >= 4 is 6.03 Å². The number of nitrogens with one attached hydrogen (secondary N) is 1. The van der Waals surface area contributed by atoms with Crippen LogP contribution in [0.5, 0.6) is 11.5 Å². The Hall–Kier alpha value is -1.91. The normalized spacial score (nSPS) is 23.0. The van der Waals surface area contributed by atoms with E-state index in [0.717, 1.165) is 48.4 Å². The van der Waals surface area contributed by atoms with Crippen LogP contribution in [-0.4, -0.2) is 37.2 Å². The van der Waals surface area contributed by atoms with Gasteiger partial charge in [0.05, 0.1) is 19.8 Å². The van der Waals surface area contributed by atoms with E-state index >= 15 is 0 Å². The number of methoxy groups -OCH3 is 1. The average Bonchev–Trinajstić information content (AvgIpc) is 3.04. The van der Waals surface area contributed by atoms with Gasteiger partial charge in [-0.3, -0.25) is 0 Å². The summed E-state index contributed by atoms with van der Waals surface area (Å²) in [5.74, 6) is 1.99. The Bertz CT molecular complexity index is 615. The van der Waals surface area contributed by atoms with E-state index in [1.54, 1.807) is 7.11 Å². The number of carbonyl (C=O) groups excluding carboxylic acids is 1. The first-order valence-electron chi connectivity index (χ1n) is 8.89. The lowest BCUT2D eigenvalue weighted by atomic mass is 9.98.